The Morgan fingerprint density at radius 3 is 2.66 bits per heavy atom. The number of carbonyl (C=O) groups excluding carboxylic acids is 1. The lowest BCUT2D eigenvalue weighted by Gasteiger charge is -2.25. The largest absolute Gasteiger partial charge is 0.486 e. The molecule has 154 valence electrons. The van der Waals surface area contributed by atoms with Crippen LogP contribution in [0.5, 0.6) is 11.5 Å². The number of carbonyl (C=O) groups is 1. The predicted molar refractivity (Wildman–Crippen MR) is 111 cm³/mol. The fraction of sp³-hybridized carbons (Fsp3) is 0.381. The number of amides is 1. The van der Waals surface area contributed by atoms with Crippen LogP contribution in [0.3, 0.4) is 0 Å². The number of ether oxygens (including phenoxy) is 2. The summed E-state index contributed by atoms with van der Waals surface area (Å²) in [6, 6.07) is 13.0. The second kappa shape index (κ2) is 7.94. The third-order valence-electron chi connectivity index (χ3n) is 5.15. The second-order valence-electron chi connectivity index (χ2n) is 7.19. The fourth-order valence-corrected chi connectivity index (χ4v) is 4.74. The number of para-hydroxylation sites is 1. The van der Waals surface area contributed by atoms with Gasteiger partial charge < -0.3 is 14.4 Å². The molecule has 29 heavy (non-hydrogen) atoms. The molecular formula is C21H24N2O5S. The smallest absolute Gasteiger partial charge is 0.232 e. The summed E-state index contributed by atoms with van der Waals surface area (Å²) in [7, 11) is -3.50. The number of hydrogen-bond acceptors (Lipinski definition) is 5. The Balaban J connectivity index is 1.43. The van der Waals surface area contributed by atoms with Crippen molar-refractivity contribution in [1.29, 1.82) is 0 Å². The lowest BCUT2D eigenvalue weighted by molar-refractivity contribution is -0.118. The Labute approximate surface area is 170 Å². The Bertz CT molecular complexity index is 1020. The molecule has 2 aliphatic rings. The van der Waals surface area contributed by atoms with Crippen molar-refractivity contribution in [2.75, 3.05) is 41.8 Å². The van der Waals surface area contributed by atoms with Crippen molar-refractivity contribution in [3.05, 3.63) is 48.0 Å². The molecule has 2 aromatic rings. The van der Waals surface area contributed by atoms with Gasteiger partial charge in [0.25, 0.3) is 0 Å². The number of benzene rings is 2. The van der Waals surface area contributed by atoms with E-state index < -0.39 is 10.0 Å². The summed E-state index contributed by atoms with van der Waals surface area (Å²) in [5.41, 5.74) is 2.65. The summed E-state index contributed by atoms with van der Waals surface area (Å²) in [5, 5.41) is 0. The third-order valence-corrected chi connectivity index (χ3v) is 6.35. The maximum absolute atomic E-state index is 12.7. The van der Waals surface area contributed by atoms with Crippen LogP contribution in [0.1, 0.15) is 18.4 Å². The van der Waals surface area contributed by atoms with E-state index in [1.54, 1.807) is 23.1 Å². The van der Waals surface area contributed by atoms with Crippen LogP contribution in [0.25, 0.3) is 0 Å². The van der Waals surface area contributed by atoms with Crippen LogP contribution >= 0.6 is 0 Å². The molecule has 8 heteroatoms. The van der Waals surface area contributed by atoms with E-state index in [1.165, 1.54) is 16.1 Å². The highest BCUT2D eigenvalue weighted by Crippen LogP contribution is 2.35. The van der Waals surface area contributed by atoms with Gasteiger partial charge in [-0.3, -0.25) is 9.10 Å². The molecule has 0 saturated heterocycles. The van der Waals surface area contributed by atoms with Gasteiger partial charge in [0.05, 0.1) is 11.9 Å². The van der Waals surface area contributed by atoms with Gasteiger partial charge in [0, 0.05) is 31.3 Å². The predicted octanol–water partition coefficient (Wildman–Crippen LogP) is 2.59. The molecule has 0 spiro atoms. The quantitative estimate of drug-likeness (QED) is 0.724. The highest BCUT2D eigenvalue weighted by molar-refractivity contribution is 7.92. The number of hydrogen-bond donors (Lipinski definition) is 0. The van der Waals surface area contributed by atoms with Gasteiger partial charge >= 0.3 is 0 Å². The van der Waals surface area contributed by atoms with Crippen LogP contribution in [-0.4, -0.2) is 46.9 Å². The number of nitrogens with zero attached hydrogens (tertiary/aromatic N) is 2. The molecule has 0 atom stereocenters. The van der Waals surface area contributed by atoms with Crippen molar-refractivity contribution in [2.45, 2.75) is 19.3 Å². The van der Waals surface area contributed by atoms with Crippen LogP contribution in [0.15, 0.2) is 42.5 Å². The van der Waals surface area contributed by atoms with Gasteiger partial charge in [-0.2, -0.15) is 0 Å². The molecule has 7 nitrogen and oxygen atoms in total. The molecule has 0 aromatic heterocycles. The van der Waals surface area contributed by atoms with Crippen molar-refractivity contribution in [3.8, 4) is 11.5 Å². The first-order valence-electron chi connectivity index (χ1n) is 9.69. The van der Waals surface area contributed by atoms with Crippen molar-refractivity contribution < 1.29 is 22.7 Å². The van der Waals surface area contributed by atoms with Crippen molar-refractivity contribution in [3.63, 3.8) is 0 Å². The Morgan fingerprint density at radius 2 is 1.86 bits per heavy atom. The summed E-state index contributed by atoms with van der Waals surface area (Å²) in [6.07, 6.45) is 2.74. The summed E-state index contributed by atoms with van der Waals surface area (Å²) in [5.74, 6) is 1.16. The van der Waals surface area contributed by atoms with E-state index >= 15 is 0 Å². The number of sulfonamides is 1. The molecule has 0 unspecified atom stereocenters. The molecule has 2 heterocycles. The van der Waals surface area contributed by atoms with E-state index in [4.69, 9.17) is 9.47 Å². The van der Waals surface area contributed by atoms with E-state index in [0.29, 0.717) is 43.4 Å². The third kappa shape index (κ3) is 4.17. The molecule has 4 rings (SSSR count). The standard InChI is InChI=1S/C21H24N2O5S/c1-29(25,26)23(17-8-9-19-20(15-17)28-14-13-27-19)11-4-7-21(24)22-12-10-16-5-2-3-6-18(16)22/h2-3,5-6,8-9,15H,4,7,10-14H2,1H3. The summed E-state index contributed by atoms with van der Waals surface area (Å²) >= 11 is 0. The highest BCUT2D eigenvalue weighted by atomic mass is 32.2. The minimum absolute atomic E-state index is 0.0191. The summed E-state index contributed by atoms with van der Waals surface area (Å²) in [6.45, 7) is 1.81. The van der Waals surface area contributed by atoms with Gasteiger partial charge in [-0.15, -0.1) is 0 Å². The Hall–Kier alpha value is -2.74. The topological polar surface area (TPSA) is 76.2 Å². The van der Waals surface area contributed by atoms with Crippen molar-refractivity contribution >= 4 is 27.3 Å². The first-order valence-corrected chi connectivity index (χ1v) is 11.5. The maximum atomic E-state index is 12.7. The zero-order valence-corrected chi connectivity index (χ0v) is 17.2. The Morgan fingerprint density at radius 1 is 1.10 bits per heavy atom. The average Bonchev–Trinajstić information content (AvgIpc) is 3.14. The van der Waals surface area contributed by atoms with Crippen LogP contribution in [-0.2, 0) is 21.2 Å². The zero-order chi connectivity index (χ0) is 20.4. The van der Waals surface area contributed by atoms with Gasteiger partial charge in [-0.25, -0.2) is 8.42 Å². The first-order chi connectivity index (χ1) is 13.9. The molecule has 0 N–H and O–H groups in total. The van der Waals surface area contributed by atoms with Crippen LogP contribution in [0.2, 0.25) is 0 Å². The SMILES string of the molecule is CS(=O)(=O)N(CCCC(=O)N1CCc2ccccc21)c1ccc2c(c1)OCCO2. The minimum atomic E-state index is -3.50. The maximum Gasteiger partial charge on any atom is 0.232 e. The molecule has 0 radical (unpaired) electrons. The highest BCUT2D eigenvalue weighted by Gasteiger charge is 2.25. The van der Waals surface area contributed by atoms with Gasteiger partial charge in [-0.1, -0.05) is 18.2 Å². The Kier molecular flexibility index (Phi) is 5.36. The van der Waals surface area contributed by atoms with E-state index in [0.717, 1.165) is 12.1 Å². The molecule has 0 aliphatic carbocycles. The summed E-state index contributed by atoms with van der Waals surface area (Å²) < 4.78 is 37.1. The zero-order valence-electron chi connectivity index (χ0n) is 16.3. The van der Waals surface area contributed by atoms with Crippen molar-refractivity contribution in [1.82, 2.24) is 0 Å². The van der Waals surface area contributed by atoms with Gasteiger partial charge in [0.1, 0.15) is 13.2 Å². The molecule has 2 aromatic carbocycles. The molecule has 2 aliphatic heterocycles. The normalized spacial score (nSPS) is 15.1. The summed E-state index contributed by atoms with van der Waals surface area (Å²) in [4.78, 5) is 14.5. The van der Waals surface area contributed by atoms with E-state index in [2.05, 4.69) is 0 Å². The van der Waals surface area contributed by atoms with Gasteiger partial charge in [-0.05, 0) is 36.6 Å². The van der Waals surface area contributed by atoms with Crippen LogP contribution < -0.4 is 18.7 Å². The van der Waals surface area contributed by atoms with Gasteiger partial charge in [0.15, 0.2) is 11.5 Å². The lowest BCUT2D eigenvalue weighted by Crippen LogP contribution is -2.33. The first kappa shape index (κ1) is 19.6. The van der Waals surface area contributed by atoms with E-state index in [1.807, 2.05) is 24.3 Å². The van der Waals surface area contributed by atoms with Gasteiger partial charge in [0.2, 0.25) is 15.9 Å². The van der Waals surface area contributed by atoms with E-state index in [9.17, 15) is 13.2 Å². The molecule has 0 saturated carbocycles. The number of anilines is 2. The van der Waals surface area contributed by atoms with E-state index in [-0.39, 0.29) is 18.9 Å². The molecular weight excluding hydrogens is 392 g/mol. The monoisotopic (exact) mass is 416 g/mol. The average molecular weight is 416 g/mol. The minimum Gasteiger partial charge on any atom is -0.486 e. The fourth-order valence-electron chi connectivity index (χ4n) is 3.78. The van der Waals surface area contributed by atoms with Crippen molar-refractivity contribution in [2.24, 2.45) is 0 Å². The molecule has 0 bridgehead atoms. The second-order valence-corrected chi connectivity index (χ2v) is 9.10. The molecule has 0 fully saturated rings. The lowest BCUT2D eigenvalue weighted by atomic mass is 10.2. The number of fused-ring (bicyclic) bond motifs is 2. The number of rotatable bonds is 6. The van der Waals surface area contributed by atoms with Crippen LogP contribution in [0, 0.1) is 0 Å². The molecule has 1 amide bonds. The van der Waals surface area contributed by atoms with Crippen LogP contribution in [0.4, 0.5) is 11.4 Å².